The number of likely N-dealkylation sites (N-methyl/N-ethyl adjacent to an activating group) is 2. The summed E-state index contributed by atoms with van der Waals surface area (Å²) in [6, 6.07) is 0.539. The Balaban J connectivity index is -0.000000203. The molecule has 1 amide bonds. The predicted molar refractivity (Wildman–Crippen MR) is 526 cm³/mol. The van der Waals surface area contributed by atoms with Crippen LogP contribution in [-0.4, -0.2) is 167 Å². The van der Waals surface area contributed by atoms with Crippen molar-refractivity contribution in [3.05, 3.63) is 0 Å². The molecule has 0 spiro atoms. The monoisotopic (exact) mass is 1780 g/mol. The van der Waals surface area contributed by atoms with Gasteiger partial charge < -0.3 is 38.2 Å². The Morgan fingerprint density at radius 1 is 0.270 bits per heavy atom. The van der Waals surface area contributed by atoms with Crippen molar-refractivity contribution in [2.24, 2.45) is 81.7 Å². The number of nitrogens with zero attached hydrogens (tertiary/aromatic N) is 2. The number of unbranched alkanes of at least 4 members (excludes halogenated alkanes) is 1. The minimum atomic E-state index is -0.439. The van der Waals surface area contributed by atoms with Gasteiger partial charge in [0.05, 0.1) is 24.0 Å². The van der Waals surface area contributed by atoms with Crippen LogP contribution >= 0.6 is 21.6 Å². The van der Waals surface area contributed by atoms with Crippen LogP contribution in [0.25, 0.3) is 0 Å². The summed E-state index contributed by atoms with van der Waals surface area (Å²) in [7, 11) is 7.63. The topological polar surface area (TPSA) is 215 Å². The summed E-state index contributed by atoms with van der Waals surface area (Å²) in [5.41, 5.74) is 0.292. The van der Waals surface area contributed by atoms with Gasteiger partial charge in [-0.15, -0.1) is 0 Å². The van der Waals surface area contributed by atoms with Crippen molar-refractivity contribution in [2.45, 2.75) is 434 Å². The fraction of sp³-hybridized carbons (Fsp3) is 0.913. The first-order chi connectivity index (χ1) is 54.1. The number of ether oxygens (including phenoxy) is 6. The molecule has 0 aliphatic heterocycles. The minimum absolute atomic E-state index is 0.0401. The Morgan fingerprint density at radius 2 is 0.574 bits per heavy atom. The minimum Gasteiger partial charge on any atom is -0.465 e. The van der Waals surface area contributed by atoms with Crippen molar-refractivity contribution in [3.8, 4) is 0 Å². The van der Waals surface area contributed by atoms with Gasteiger partial charge in [-0.3, -0.25) is 43.2 Å². The van der Waals surface area contributed by atoms with E-state index in [2.05, 4.69) is 171 Å². The molecule has 122 heavy (non-hydrogen) atoms. The van der Waals surface area contributed by atoms with E-state index < -0.39 is 5.41 Å². The van der Waals surface area contributed by atoms with Crippen LogP contribution in [0.3, 0.4) is 0 Å². The molecule has 0 aromatic rings. The molecule has 0 saturated heterocycles. The third-order valence-electron chi connectivity index (χ3n) is 18.5. The van der Waals surface area contributed by atoms with E-state index in [9.17, 15) is 43.2 Å². The molecule has 0 aromatic heterocycles. The van der Waals surface area contributed by atoms with Crippen LogP contribution in [0.1, 0.15) is 428 Å². The van der Waals surface area contributed by atoms with E-state index in [1.807, 2.05) is 182 Å². The lowest BCUT2D eigenvalue weighted by Crippen LogP contribution is -2.38. The van der Waals surface area contributed by atoms with Gasteiger partial charge in [-0.2, -0.15) is 0 Å². The molecule has 730 valence electrons. The van der Waals surface area contributed by atoms with E-state index in [4.69, 9.17) is 28.4 Å². The zero-order valence-corrected chi connectivity index (χ0v) is 91.3. The first-order valence-corrected chi connectivity index (χ1v) is 48.7. The third-order valence-corrected chi connectivity index (χ3v) is 21.0. The molecule has 0 atom stereocenters. The third kappa shape index (κ3) is 104. The average Bonchev–Trinajstić information content (AvgIpc) is 0.866. The second kappa shape index (κ2) is 64.5. The van der Waals surface area contributed by atoms with Gasteiger partial charge in [-0.1, -0.05) is 291 Å². The molecular formula is C103H206N2O15S2. The molecule has 0 aliphatic rings. The Morgan fingerprint density at radius 3 is 0.918 bits per heavy atom. The van der Waals surface area contributed by atoms with Gasteiger partial charge >= 0.3 is 17.9 Å². The quantitative estimate of drug-likeness (QED) is 0.0242. The van der Waals surface area contributed by atoms with E-state index >= 15 is 0 Å². The number of ketones is 5. The van der Waals surface area contributed by atoms with Crippen molar-refractivity contribution in [1.82, 2.24) is 9.80 Å². The van der Waals surface area contributed by atoms with E-state index in [0.29, 0.717) is 91.2 Å². The molecule has 0 N–H and O–H groups in total. The Hall–Kier alpha value is -3.23. The lowest BCUT2D eigenvalue weighted by molar-refractivity contribution is -0.153. The van der Waals surface area contributed by atoms with Crippen molar-refractivity contribution in [3.63, 3.8) is 0 Å². The molecule has 0 aliphatic carbocycles. The Labute approximate surface area is 764 Å². The summed E-state index contributed by atoms with van der Waals surface area (Å²) in [5, 5.41) is 0. The number of carbonyl (C=O) groups is 9. The fourth-order valence-electron chi connectivity index (χ4n) is 9.00. The zero-order valence-electron chi connectivity index (χ0n) is 89.7. The summed E-state index contributed by atoms with van der Waals surface area (Å²) in [4.78, 5) is 107. The van der Waals surface area contributed by atoms with Gasteiger partial charge in [-0.05, 0) is 184 Å². The maximum Gasteiger partial charge on any atom is 0.311 e. The SMILES string of the molecule is CC(C)(C)CCC(=O)C(C)(C)C.CC(C)(C)CCCC(=O)OCC(=O)C(C)(C)C.CC(C)(C)CCCCOCC(=O)C(C)(C)C.CC(C)(C)CCCOC(=O)C(C)(C)C.CC(C)(C)CCCOCC(=O)C(C)(C)C.CC(C)(C)CCCOCCC(=O)C(C)(C)C.CC(C)(C)CCCSSCCOC(=O)C(C)(C)C.CC(C)C(=O)N(C)CCN(C)C(C)C. The second-order valence-electron chi connectivity index (χ2n) is 49.5. The van der Waals surface area contributed by atoms with Gasteiger partial charge in [0.1, 0.15) is 31.4 Å². The largest absolute Gasteiger partial charge is 0.465 e. The van der Waals surface area contributed by atoms with Crippen LogP contribution in [0.2, 0.25) is 0 Å². The molecule has 19 heteroatoms. The highest BCUT2D eigenvalue weighted by Gasteiger charge is 2.29. The molecule has 0 radical (unpaired) electrons. The van der Waals surface area contributed by atoms with Gasteiger partial charge in [0.25, 0.3) is 0 Å². The Bertz CT molecular complexity index is 2710. The molecule has 0 fully saturated rings. The van der Waals surface area contributed by atoms with Crippen LogP contribution in [0.15, 0.2) is 0 Å². The number of carbonyl (C=O) groups excluding carboxylic acids is 9. The van der Waals surface area contributed by atoms with Gasteiger partial charge in [0.2, 0.25) is 5.91 Å². The summed E-state index contributed by atoms with van der Waals surface area (Å²) >= 11 is 0. The van der Waals surface area contributed by atoms with E-state index in [1.165, 1.54) is 37.9 Å². The highest BCUT2D eigenvalue weighted by Crippen LogP contribution is 2.31. The number of amides is 1. The second-order valence-corrected chi connectivity index (χ2v) is 52.3. The molecule has 0 heterocycles. The van der Waals surface area contributed by atoms with E-state index in [1.54, 1.807) is 10.8 Å². The van der Waals surface area contributed by atoms with Crippen molar-refractivity contribution < 1.29 is 71.6 Å². The molecule has 0 unspecified atom stereocenters. The molecule has 0 bridgehead atoms. The maximum atomic E-state index is 11.6. The lowest BCUT2D eigenvalue weighted by atomic mass is 9.83. The number of rotatable bonds is 39. The first-order valence-electron chi connectivity index (χ1n) is 46.2. The summed E-state index contributed by atoms with van der Waals surface area (Å²) in [5.74, 6) is 2.87. The first kappa shape index (κ1) is 134. The van der Waals surface area contributed by atoms with Crippen LogP contribution in [0, 0.1) is 81.7 Å². The molecular weight excluding hydrogens is 1570 g/mol. The number of hydrogen-bond donors (Lipinski definition) is 0. The number of Topliss-reactive ketones (excluding diaryl/α,β-unsaturated/α-hetero) is 5. The van der Waals surface area contributed by atoms with Crippen molar-refractivity contribution >= 4 is 74.3 Å². The maximum absolute atomic E-state index is 11.6. The molecule has 0 aromatic carbocycles. The van der Waals surface area contributed by atoms with Crippen LogP contribution in [-0.2, 0) is 71.6 Å². The van der Waals surface area contributed by atoms with E-state index in [0.717, 1.165) is 83.2 Å². The average molecular weight is 1780 g/mol. The number of hydrogen-bond acceptors (Lipinski definition) is 18. The van der Waals surface area contributed by atoms with Gasteiger partial charge in [0, 0.05) is 110 Å². The lowest BCUT2D eigenvalue weighted by Gasteiger charge is -2.25. The zero-order chi connectivity index (χ0) is 98.4. The highest BCUT2D eigenvalue weighted by atomic mass is 33.1. The molecule has 0 rings (SSSR count). The number of esters is 3. The highest BCUT2D eigenvalue weighted by molar-refractivity contribution is 8.76. The summed E-state index contributed by atoms with van der Waals surface area (Å²) in [6.07, 6.45) is 16.8. The van der Waals surface area contributed by atoms with E-state index in [-0.39, 0.29) is 116 Å². The fourth-order valence-corrected chi connectivity index (χ4v) is 10.9. The van der Waals surface area contributed by atoms with Crippen molar-refractivity contribution in [1.29, 1.82) is 0 Å². The molecule has 17 nitrogen and oxygen atoms in total. The summed E-state index contributed by atoms with van der Waals surface area (Å²) in [6.45, 7) is 101. The predicted octanol–water partition coefficient (Wildman–Crippen LogP) is 27.5. The van der Waals surface area contributed by atoms with Crippen molar-refractivity contribution in [2.75, 3.05) is 98.2 Å². The van der Waals surface area contributed by atoms with Crippen LogP contribution in [0.4, 0.5) is 0 Å². The normalized spacial score (nSPS) is 12.6. The van der Waals surface area contributed by atoms with Gasteiger partial charge in [-0.25, -0.2) is 0 Å². The van der Waals surface area contributed by atoms with Crippen LogP contribution in [0.5, 0.6) is 0 Å². The van der Waals surface area contributed by atoms with Gasteiger partial charge in [0.15, 0.2) is 24.0 Å². The molecule has 0 saturated carbocycles. The Kier molecular flexibility index (Phi) is 71.0. The standard InChI is InChI=1S/C14H26O3.C14H28O2S2.2C14H28O2.C13H26O2.C12H24O2.C11H24N2O.C11H22O/c1-13(2,3)9-7-8-12(16)17-10-11(15)14(4,5)6;1-13(2,3)8-7-10-17-18-11-9-16-12(15)14(4,5)6;1-13(2,3)9-7-10-16-11-8-12(15)14(4,5)6;1-13(2,3)9-7-8-10-16-11-12(15)14(4,5)6;1-12(2,3)8-7-9-15-10-11(14)13(4,5)6;1-11(2,3)8-7-9-14-10(13)12(4,5)6;1-9(2)11(14)13(6)8-7-12(5)10(3)4;1-10(2,3)8-7-9(12)11(4,5)6/h7-10H2,1-6H3;7-11H2,1-6H3;2*7-11H2,1-6H3;7-10H2,1-6H3;7-9H2,1-6H3;9-10H,7-8H2,1-6H3;7-8H2,1-6H3. The van der Waals surface area contributed by atoms with Crippen LogP contribution < -0.4 is 0 Å². The summed E-state index contributed by atoms with van der Waals surface area (Å²) < 4.78 is 31.5. The smallest absolute Gasteiger partial charge is 0.311 e.